The number of carbonyl (C=O) groups is 1. The SMILES string of the molecule is COc1ccc(-c2nc(C)c(C(=O)c3cc(OC)c(OC)c(OC)c3)n2O)cc1. The highest BCUT2D eigenvalue weighted by Crippen LogP contribution is 2.39. The lowest BCUT2D eigenvalue weighted by Crippen LogP contribution is -2.11. The van der Waals surface area contributed by atoms with Crippen molar-refractivity contribution in [3.8, 4) is 34.4 Å². The number of hydrogen-bond acceptors (Lipinski definition) is 7. The van der Waals surface area contributed by atoms with Gasteiger partial charge in [0.15, 0.2) is 23.0 Å². The third-order valence-electron chi connectivity index (χ3n) is 4.52. The Morgan fingerprint density at radius 1 is 0.931 bits per heavy atom. The predicted molar refractivity (Wildman–Crippen MR) is 106 cm³/mol. The molecule has 0 atom stereocenters. The summed E-state index contributed by atoms with van der Waals surface area (Å²) in [4.78, 5) is 17.5. The van der Waals surface area contributed by atoms with Crippen molar-refractivity contribution >= 4 is 5.78 Å². The molecule has 2 aromatic carbocycles. The lowest BCUT2D eigenvalue weighted by molar-refractivity contribution is 0.0985. The van der Waals surface area contributed by atoms with E-state index in [4.69, 9.17) is 18.9 Å². The molecule has 8 nitrogen and oxygen atoms in total. The number of rotatable bonds is 7. The molecule has 0 aliphatic carbocycles. The monoisotopic (exact) mass is 398 g/mol. The summed E-state index contributed by atoms with van der Waals surface area (Å²) in [5.41, 5.74) is 1.33. The Bertz CT molecular complexity index is 1020. The van der Waals surface area contributed by atoms with E-state index in [9.17, 15) is 10.0 Å². The van der Waals surface area contributed by atoms with E-state index in [1.165, 1.54) is 33.5 Å². The molecule has 29 heavy (non-hydrogen) atoms. The van der Waals surface area contributed by atoms with Crippen LogP contribution < -0.4 is 18.9 Å². The van der Waals surface area contributed by atoms with Gasteiger partial charge in [-0.05, 0) is 43.3 Å². The van der Waals surface area contributed by atoms with E-state index in [2.05, 4.69) is 4.98 Å². The summed E-state index contributed by atoms with van der Waals surface area (Å²) in [7, 11) is 5.99. The van der Waals surface area contributed by atoms with Gasteiger partial charge in [0, 0.05) is 11.1 Å². The van der Waals surface area contributed by atoms with Gasteiger partial charge in [-0.1, -0.05) is 0 Å². The van der Waals surface area contributed by atoms with Crippen LogP contribution in [0.1, 0.15) is 21.7 Å². The Kier molecular flexibility index (Phi) is 5.63. The summed E-state index contributed by atoms with van der Waals surface area (Å²) in [5.74, 6) is 1.55. The highest BCUT2D eigenvalue weighted by atomic mass is 16.5. The number of benzene rings is 2. The number of imidazole rings is 1. The molecule has 0 saturated heterocycles. The molecular formula is C21H22N2O6. The fourth-order valence-corrected chi connectivity index (χ4v) is 3.05. The van der Waals surface area contributed by atoms with Gasteiger partial charge in [-0.3, -0.25) is 4.79 Å². The summed E-state index contributed by atoms with van der Waals surface area (Å²) >= 11 is 0. The molecule has 1 N–H and O–H groups in total. The molecule has 0 fully saturated rings. The number of ketones is 1. The van der Waals surface area contributed by atoms with Gasteiger partial charge < -0.3 is 24.2 Å². The van der Waals surface area contributed by atoms with E-state index in [1.54, 1.807) is 38.3 Å². The Morgan fingerprint density at radius 3 is 2.00 bits per heavy atom. The molecule has 3 rings (SSSR count). The fourth-order valence-electron chi connectivity index (χ4n) is 3.05. The van der Waals surface area contributed by atoms with Crippen LogP contribution in [-0.2, 0) is 0 Å². The molecule has 0 saturated carbocycles. The van der Waals surface area contributed by atoms with Crippen molar-refractivity contribution < 1.29 is 28.9 Å². The molecule has 3 aromatic rings. The summed E-state index contributed by atoms with van der Waals surface area (Å²) in [6.45, 7) is 1.66. The van der Waals surface area contributed by atoms with E-state index < -0.39 is 5.78 Å². The zero-order valence-electron chi connectivity index (χ0n) is 16.8. The van der Waals surface area contributed by atoms with Crippen molar-refractivity contribution in [1.29, 1.82) is 0 Å². The van der Waals surface area contributed by atoms with E-state index in [-0.39, 0.29) is 17.1 Å². The van der Waals surface area contributed by atoms with Crippen LogP contribution >= 0.6 is 0 Å². The second-order valence-corrected chi connectivity index (χ2v) is 6.15. The molecule has 0 unspecified atom stereocenters. The summed E-state index contributed by atoms with van der Waals surface area (Å²) < 4.78 is 21.8. The summed E-state index contributed by atoms with van der Waals surface area (Å²) in [6.07, 6.45) is 0. The maximum Gasteiger partial charge on any atom is 0.215 e. The minimum atomic E-state index is -0.434. The highest BCUT2D eigenvalue weighted by Gasteiger charge is 2.25. The largest absolute Gasteiger partial charge is 0.497 e. The van der Waals surface area contributed by atoms with Gasteiger partial charge in [0.25, 0.3) is 0 Å². The van der Waals surface area contributed by atoms with Crippen molar-refractivity contribution in [3.63, 3.8) is 0 Å². The lowest BCUT2D eigenvalue weighted by Gasteiger charge is -2.14. The van der Waals surface area contributed by atoms with Crippen LogP contribution in [0, 0.1) is 6.92 Å². The number of ether oxygens (including phenoxy) is 4. The summed E-state index contributed by atoms with van der Waals surface area (Å²) in [5, 5.41) is 10.7. The maximum absolute atomic E-state index is 13.2. The molecule has 0 amide bonds. The van der Waals surface area contributed by atoms with E-state index in [0.29, 0.717) is 34.3 Å². The molecule has 0 bridgehead atoms. The Morgan fingerprint density at radius 2 is 1.52 bits per heavy atom. The maximum atomic E-state index is 13.2. The van der Waals surface area contributed by atoms with Gasteiger partial charge in [-0.25, -0.2) is 4.98 Å². The van der Waals surface area contributed by atoms with Gasteiger partial charge in [-0.2, -0.15) is 4.73 Å². The summed E-state index contributed by atoms with van der Waals surface area (Å²) in [6, 6.07) is 10.1. The fraction of sp³-hybridized carbons (Fsp3) is 0.238. The Hall–Kier alpha value is -3.68. The van der Waals surface area contributed by atoms with Gasteiger partial charge in [-0.15, -0.1) is 0 Å². The number of carbonyl (C=O) groups excluding carboxylic acids is 1. The second kappa shape index (κ2) is 8.14. The zero-order valence-corrected chi connectivity index (χ0v) is 16.8. The number of nitrogens with zero attached hydrogens (tertiary/aromatic N) is 2. The average molecular weight is 398 g/mol. The highest BCUT2D eigenvalue weighted by molar-refractivity contribution is 6.09. The lowest BCUT2D eigenvalue weighted by atomic mass is 10.1. The minimum absolute atomic E-state index is 0.0464. The first kappa shape index (κ1) is 20.1. The number of aromatic nitrogens is 2. The second-order valence-electron chi connectivity index (χ2n) is 6.15. The average Bonchev–Trinajstić information content (AvgIpc) is 3.05. The van der Waals surface area contributed by atoms with Gasteiger partial charge in [0.2, 0.25) is 11.5 Å². The smallest absolute Gasteiger partial charge is 0.215 e. The van der Waals surface area contributed by atoms with Crippen LogP contribution in [0.3, 0.4) is 0 Å². The van der Waals surface area contributed by atoms with Crippen LogP contribution in [0.4, 0.5) is 0 Å². The molecule has 152 valence electrons. The normalized spacial score (nSPS) is 10.5. The first-order valence-electron chi connectivity index (χ1n) is 8.72. The molecule has 8 heteroatoms. The first-order valence-corrected chi connectivity index (χ1v) is 8.72. The van der Waals surface area contributed by atoms with Crippen LogP contribution in [-0.4, -0.2) is 49.1 Å². The van der Waals surface area contributed by atoms with Crippen LogP contribution in [0.15, 0.2) is 36.4 Å². The third kappa shape index (κ3) is 3.56. The number of methoxy groups -OCH3 is 4. The molecule has 1 aromatic heterocycles. The van der Waals surface area contributed by atoms with E-state index in [1.807, 2.05) is 0 Å². The number of aryl methyl sites for hydroxylation is 1. The van der Waals surface area contributed by atoms with E-state index in [0.717, 1.165) is 4.73 Å². The molecule has 0 aliphatic rings. The minimum Gasteiger partial charge on any atom is -0.497 e. The predicted octanol–water partition coefficient (Wildman–Crippen LogP) is 3.36. The number of hydrogen-bond donors (Lipinski definition) is 1. The van der Waals surface area contributed by atoms with Crippen molar-refractivity contribution in [3.05, 3.63) is 53.3 Å². The molecular weight excluding hydrogens is 376 g/mol. The van der Waals surface area contributed by atoms with Crippen molar-refractivity contribution in [2.45, 2.75) is 6.92 Å². The van der Waals surface area contributed by atoms with Crippen molar-refractivity contribution in [2.75, 3.05) is 28.4 Å². The van der Waals surface area contributed by atoms with Gasteiger partial charge in [0.05, 0.1) is 34.1 Å². The topological polar surface area (TPSA) is 92.0 Å². The van der Waals surface area contributed by atoms with E-state index >= 15 is 0 Å². The Balaban J connectivity index is 2.07. The molecule has 0 spiro atoms. The molecule has 0 radical (unpaired) electrons. The van der Waals surface area contributed by atoms with Crippen LogP contribution in [0.5, 0.6) is 23.0 Å². The van der Waals surface area contributed by atoms with Gasteiger partial charge >= 0.3 is 0 Å². The van der Waals surface area contributed by atoms with Crippen molar-refractivity contribution in [1.82, 2.24) is 9.71 Å². The standard InChI is InChI=1S/C21H22N2O6/c1-12-18(23(25)21(22-12)13-6-8-15(26-2)9-7-13)19(24)14-10-16(27-3)20(29-5)17(11-14)28-4/h6-11,25H,1-5H3. The molecule has 0 aliphatic heterocycles. The van der Waals surface area contributed by atoms with Gasteiger partial charge in [0.1, 0.15) is 5.75 Å². The van der Waals surface area contributed by atoms with Crippen LogP contribution in [0.25, 0.3) is 11.4 Å². The zero-order chi connectivity index (χ0) is 21.1. The molecule has 1 heterocycles. The van der Waals surface area contributed by atoms with Crippen molar-refractivity contribution in [2.24, 2.45) is 0 Å². The quantitative estimate of drug-likeness (QED) is 0.482. The van der Waals surface area contributed by atoms with Crippen LogP contribution in [0.2, 0.25) is 0 Å². The first-order chi connectivity index (χ1) is 13.9. The third-order valence-corrected chi connectivity index (χ3v) is 4.52. The Labute approximate surface area is 168 Å².